The highest BCUT2D eigenvalue weighted by Crippen LogP contribution is 2.18. The van der Waals surface area contributed by atoms with E-state index in [0.717, 1.165) is 5.70 Å². The number of hydrogen-bond acceptors (Lipinski definition) is 1. The fourth-order valence-corrected chi connectivity index (χ4v) is 1.52. The van der Waals surface area contributed by atoms with E-state index >= 15 is 0 Å². The van der Waals surface area contributed by atoms with E-state index < -0.39 is 0 Å². The van der Waals surface area contributed by atoms with Crippen LogP contribution in [0.5, 0.6) is 0 Å². The Morgan fingerprint density at radius 1 is 1.20 bits per heavy atom. The summed E-state index contributed by atoms with van der Waals surface area (Å²) in [5, 5.41) is 3.33. The molecule has 0 aromatic heterocycles. The Morgan fingerprint density at radius 2 is 1.87 bits per heavy atom. The molecular weight excluding hydrogens is 182 g/mol. The predicted octanol–water partition coefficient (Wildman–Crippen LogP) is 3.78. The third-order valence-electron chi connectivity index (χ3n) is 2.36. The van der Waals surface area contributed by atoms with E-state index in [9.17, 15) is 0 Å². The Kier molecular flexibility index (Phi) is 3.96. The predicted molar refractivity (Wildman–Crippen MR) is 67.8 cm³/mol. The van der Waals surface area contributed by atoms with Crippen LogP contribution in [0.1, 0.15) is 44.7 Å². The van der Waals surface area contributed by atoms with E-state index in [0.29, 0.717) is 12.0 Å². The van der Waals surface area contributed by atoms with Gasteiger partial charge in [-0.3, -0.25) is 0 Å². The van der Waals surface area contributed by atoms with Crippen molar-refractivity contribution in [3.63, 3.8) is 0 Å². The van der Waals surface area contributed by atoms with Gasteiger partial charge in [-0.05, 0) is 37.0 Å². The number of benzene rings is 1. The molecule has 15 heavy (non-hydrogen) atoms. The van der Waals surface area contributed by atoms with Gasteiger partial charge in [0.25, 0.3) is 0 Å². The van der Waals surface area contributed by atoms with Crippen LogP contribution in [0, 0.1) is 0 Å². The summed E-state index contributed by atoms with van der Waals surface area (Å²) in [6, 6.07) is 9.00. The van der Waals surface area contributed by atoms with Crippen LogP contribution in [0.2, 0.25) is 0 Å². The van der Waals surface area contributed by atoms with Gasteiger partial charge in [-0.15, -0.1) is 0 Å². The lowest BCUT2D eigenvalue weighted by Gasteiger charge is -2.14. The number of nitrogens with one attached hydrogen (secondary N) is 1. The molecule has 1 N–H and O–H groups in total. The van der Waals surface area contributed by atoms with Gasteiger partial charge in [-0.1, -0.05) is 38.6 Å². The summed E-state index contributed by atoms with van der Waals surface area (Å²) in [5.74, 6) is 0.566. The molecule has 1 nitrogen and oxygen atoms in total. The maximum absolute atomic E-state index is 4.05. The van der Waals surface area contributed by atoms with Gasteiger partial charge in [0.2, 0.25) is 0 Å². The molecule has 0 fully saturated rings. The van der Waals surface area contributed by atoms with Crippen molar-refractivity contribution >= 4 is 5.70 Å². The topological polar surface area (TPSA) is 12.0 Å². The molecule has 1 heteroatoms. The minimum Gasteiger partial charge on any atom is -0.383 e. The molecule has 0 spiro atoms. The first-order valence-electron chi connectivity index (χ1n) is 5.56. The first-order chi connectivity index (χ1) is 7.00. The smallest absolute Gasteiger partial charge is 0.0342 e. The third-order valence-corrected chi connectivity index (χ3v) is 2.36. The Labute approximate surface area is 93.2 Å². The average Bonchev–Trinajstić information content (AvgIpc) is 2.17. The zero-order valence-corrected chi connectivity index (χ0v) is 10.2. The number of hydrogen-bond donors (Lipinski definition) is 1. The van der Waals surface area contributed by atoms with Crippen LogP contribution in [0.3, 0.4) is 0 Å². The Balaban J connectivity index is 2.85. The lowest BCUT2D eigenvalue weighted by molar-refractivity contribution is 0.718. The van der Waals surface area contributed by atoms with Gasteiger partial charge in [0, 0.05) is 11.7 Å². The van der Waals surface area contributed by atoms with Crippen LogP contribution < -0.4 is 5.32 Å². The molecule has 0 saturated heterocycles. The molecule has 0 bridgehead atoms. The average molecular weight is 203 g/mol. The van der Waals surface area contributed by atoms with Crippen LogP contribution in [0.25, 0.3) is 5.70 Å². The molecule has 0 aliphatic rings. The summed E-state index contributed by atoms with van der Waals surface area (Å²) in [7, 11) is 0. The molecule has 82 valence electrons. The van der Waals surface area contributed by atoms with Gasteiger partial charge in [0.05, 0.1) is 0 Å². The van der Waals surface area contributed by atoms with Crippen molar-refractivity contribution in [1.29, 1.82) is 0 Å². The van der Waals surface area contributed by atoms with Crippen molar-refractivity contribution in [2.45, 2.75) is 39.7 Å². The van der Waals surface area contributed by atoms with Crippen LogP contribution in [0.15, 0.2) is 30.8 Å². The summed E-state index contributed by atoms with van der Waals surface area (Å²) < 4.78 is 0. The van der Waals surface area contributed by atoms with E-state index in [4.69, 9.17) is 0 Å². The van der Waals surface area contributed by atoms with E-state index in [1.807, 2.05) is 0 Å². The zero-order valence-electron chi connectivity index (χ0n) is 10.2. The highest BCUT2D eigenvalue weighted by atomic mass is 14.9. The van der Waals surface area contributed by atoms with Crippen molar-refractivity contribution < 1.29 is 0 Å². The van der Waals surface area contributed by atoms with E-state index in [2.05, 4.69) is 63.9 Å². The second-order valence-electron chi connectivity index (χ2n) is 4.56. The van der Waals surface area contributed by atoms with Crippen LogP contribution in [0.4, 0.5) is 0 Å². The van der Waals surface area contributed by atoms with Crippen molar-refractivity contribution in [2.24, 2.45) is 0 Å². The normalized spacial score (nSPS) is 10.8. The zero-order chi connectivity index (χ0) is 11.4. The second-order valence-corrected chi connectivity index (χ2v) is 4.56. The first-order valence-corrected chi connectivity index (χ1v) is 5.56. The van der Waals surface area contributed by atoms with E-state index in [1.165, 1.54) is 11.1 Å². The fourth-order valence-electron chi connectivity index (χ4n) is 1.52. The summed E-state index contributed by atoms with van der Waals surface area (Å²) in [5.41, 5.74) is 3.56. The Hall–Kier alpha value is -1.24. The molecule has 1 aromatic rings. The summed E-state index contributed by atoms with van der Waals surface area (Å²) in [6.07, 6.45) is 0. The van der Waals surface area contributed by atoms with Crippen molar-refractivity contribution in [2.75, 3.05) is 0 Å². The van der Waals surface area contributed by atoms with Crippen molar-refractivity contribution in [1.82, 2.24) is 5.32 Å². The lowest BCUT2D eigenvalue weighted by Crippen LogP contribution is -2.20. The van der Waals surface area contributed by atoms with Gasteiger partial charge in [-0.25, -0.2) is 0 Å². The SMILES string of the molecule is C=C(NC(C)C)c1cccc(C(C)C)c1. The molecule has 1 rings (SSSR count). The van der Waals surface area contributed by atoms with Crippen LogP contribution >= 0.6 is 0 Å². The highest BCUT2D eigenvalue weighted by Gasteiger charge is 2.03. The van der Waals surface area contributed by atoms with Gasteiger partial charge < -0.3 is 5.32 Å². The van der Waals surface area contributed by atoms with Crippen LogP contribution in [-0.2, 0) is 0 Å². The number of rotatable bonds is 4. The summed E-state index contributed by atoms with van der Waals surface area (Å²) in [6.45, 7) is 12.7. The molecule has 0 amide bonds. The quantitative estimate of drug-likeness (QED) is 0.785. The van der Waals surface area contributed by atoms with Gasteiger partial charge in [-0.2, -0.15) is 0 Å². The first kappa shape index (κ1) is 11.8. The minimum atomic E-state index is 0.431. The van der Waals surface area contributed by atoms with Crippen molar-refractivity contribution in [3.8, 4) is 0 Å². The van der Waals surface area contributed by atoms with Crippen molar-refractivity contribution in [3.05, 3.63) is 42.0 Å². The molecule has 0 aliphatic heterocycles. The molecule has 0 unspecified atom stereocenters. The molecule has 0 aliphatic carbocycles. The molecule has 0 atom stereocenters. The maximum Gasteiger partial charge on any atom is 0.0342 e. The highest BCUT2D eigenvalue weighted by molar-refractivity contribution is 5.62. The fraction of sp³-hybridized carbons (Fsp3) is 0.429. The monoisotopic (exact) mass is 203 g/mol. The molecule has 0 saturated carbocycles. The third kappa shape index (κ3) is 3.43. The summed E-state index contributed by atoms with van der Waals surface area (Å²) >= 11 is 0. The minimum absolute atomic E-state index is 0.431. The molecule has 0 heterocycles. The summed E-state index contributed by atoms with van der Waals surface area (Å²) in [4.78, 5) is 0. The largest absolute Gasteiger partial charge is 0.383 e. The van der Waals surface area contributed by atoms with E-state index in [1.54, 1.807) is 0 Å². The standard InChI is InChI=1S/C14H21N/c1-10(2)13-7-6-8-14(9-13)12(5)15-11(3)4/h6-11,15H,5H2,1-4H3. The Bertz CT molecular complexity index is 337. The maximum atomic E-state index is 4.05. The molecule has 1 aromatic carbocycles. The molecule has 0 radical (unpaired) electrons. The molecular formula is C14H21N. The van der Waals surface area contributed by atoms with Crippen LogP contribution in [-0.4, -0.2) is 6.04 Å². The Morgan fingerprint density at radius 3 is 2.40 bits per heavy atom. The van der Waals surface area contributed by atoms with Gasteiger partial charge in [0.15, 0.2) is 0 Å². The van der Waals surface area contributed by atoms with Gasteiger partial charge >= 0.3 is 0 Å². The van der Waals surface area contributed by atoms with E-state index in [-0.39, 0.29) is 0 Å². The lowest BCUT2D eigenvalue weighted by atomic mass is 10.00. The van der Waals surface area contributed by atoms with Gasteiger partial charge in [0.1, 0.15) is 0 Å². The second kappa shape index (κ2) is 5.01.